The third-order valence-electron chi connectivity index (χ3n) is 15.8. The SMILES string of the molecule is CCCCCC/C=C\C=C/CCCCCCCC(=O)O[C@H](COC(=O)CCCCCCCCC(C)C)COP(=O)(O)OC[C@H](O)COP(=O)(O)OC[C@@H](COC(=O)CCCCCCCCCCCC(C)C)OC(=O)CCCCCCCCCCCCCC(C)C. The molecule has 0 amide bonds. The summed E-state index contributed by atoms with van der Waals surface area (Å²) >= 11 is 0. The third kappa shape index (κ3) is 64.3. The van der Waals surface area contributed by atoms with E-state index in [1.165, 1.54) is 122 Å². The van der Waals surface area contributed by atoms with Gasteiger partial charge in [0.1, 0.15) is 19.3 Å². The summed E-state index contributed by atoms with van der Waals surface area (Å²) in [6.07, 6.45) is 48.2. The monoisotopic (exact) mass is 1320 g/mol. The van der Waals surface area contributed by atoms with E-state index in [1.54, 1.807) is 0 Å². The predicted octanol–water partition coefficient (Wildman–Crippen LogP) is 19.8. The lowest BCUT2D eigenvalue weighted by Gasteiger charge is -2.21. The zero-order chi connectivity index (χ0) is 66.6. The first-order valence-electron chi connectivity index (χ1n) is 36.2. The van der Waals surface area contributed by atoms with Crippen LogP contribution in [0.15, 0.2) is 24.3 Å². The molecule has 17 nitrogen and oxygen atoms in total. The van der Waals surface area contributed by atoms with Gasteiger partial charge in [-0.05, 0) is 69.1 Å². The summed E-state index contributed by atoms with van der Waals surface area (Å²) in [6.45, 7) is 11.7. The van der Waals surface area contributed by atoms with Crippen LogP contribution in [0.25, 0.3) is 0 Å². The van der Waals surface area contributed by atoms with Gasteiger partial charge in [-0.2, -0.15) is 0 Å². The molecule has 0 saturated carbocycles. The standard InChI is InChI=1S/C71H134O17P2/c1-8-9-10-11-12-13-14-15-16-17-20-25-31-40-47-54-70(75)88-67(59-82-69(74)53-46-39-34-33-37-44-51-64(6)7)61-86-90(79,80)84-57-65(72)56-83-89(77,78)85-60-66(58-81-68(73)52-45-38-30-27-22-24-29-36-43-50-63(4)5)87-71(76)55-48-41-32-26-21-18-19-23-28-35-42-49-62(2)3/h13-16,62-67,72H,8-12,17-61H2,1-7H3,(H,77,78)(H,79,80)/b14-13-,16-15-/t65-,66-,67-/m1/s1. The molecule has 530 valence electrons. The van der Waals surface area contributed by atoms with E-state index in [-0.39, 0.29) is 25.7 Å². The highest BCUT2D eigenvalue weighted by Crippen LogP contribution is 2.45. The Bertz CT molecular complexity index is 1860. The number of carbonyl (C=O) groups excluding carboxylic acids is 4. The largest absolute Gasteiger partial charge is 0.472 e. The number of aliphatic hydroxyl groups is 1. The fourth-order valence-corrected chi connectivity index (χ4v) is 11.8. The maximum Gasteiger partial charge on any atom is 0.472 e. The molecule has 3 N–H and O–H groups in total. The number of phosphoric ester groups is 2. The summed E-state index contributed by atoms with van der Waals surface area (Å²) in [6, 6.07) is 0. The van der Waals surface area contributed by atoms with Crippen molar-refractivity contribution in [3.05, 3.63) is 24.3 Å². The lowest BCUT2D eigenvalue weighted by atomic mass is 10.0. The molecule has 0 saturated heterocycles. The van der Waals surface area contributed by atoms with Gasteiger partial charge in [0.15, 0.2) is 12.2 Å². The number of unbranched alkanes of at least 4 members (excludes halogenated alkanes) is 32. The predicted molar refractivity (Wildman–Crippen MR) is 363 cm³/mol. The molecule has 0 bridgehead atoms. The topological polar surface area (TPSA) is 237 Å². The van der Waals surface area contributed by atoms with Crippen LogP contribution in [0.5, 0.6) is 0 Å². The molecule has 0 spiro atoms. The Morgan fingerprint density at radius 1 is 0.344 bits per heavy atom. The van der Waals surface area contributed by atoms with Crippen molar-refractivity contribution in [2.45, 2.75) is 349 Å². The van der Waals surface area contributed by atoms with E-state index in [2.05, 4.69) is 72.8 Å². The quantitative estimate of drug-likeness (QED) is 0.0169. The second kappa shape index (κ2) is 61.4. The minimum absolute atomic E-state index is 0.0835. The van der Waals surface area contributed by atoms with Crippen LogP contribution in [0, 0.1) is 17.8 Å². The van der Waals surface area contributed by atoms with Crippen LogP contribution in [0.4, 0.5) is 0 Å². The van der Waals surface area contributed by atoms with Crippen molar-refractivity contribution in [3.63, 3.8) is 0 Å². The lowest BCUT2D eigenvalue weighted by molar-refractivity contribution is -0.161. The molecule has 19 heteroatoms. The number of esters is 4. The zero-order valence-electron chi connectivity index (χ0n) is 58.1. The number of allylic oxidation sites excluding steroid dienone is 4. The van der Waals surface area contributed by atoms with E-state index in [1.807, 2.05) is 0 Å². The summed E-state index contributed by atoms with van der Waals surface area (Å²) in [5.74, 6) is 0.0240. The van der Waals surface area contributed by atoms with Gasteiger partial charge in [-0.15, -0.1) is 0 Å². The van der Waals surface area contributed by atoms with Crippen molar-refractivity contribution in [2.75, 3.05) is 39.6 Å². The van der Waals surface area contributed by atoms with Crippen molar-refractivity contribution < 1.29 is 80.2 Å². The minimum Gasteiger partial charge on any atom is -0.462 e. The highest BCUT2D eigenvalue weighted by Gasteiger charge is 2.30. The Labute approximate surface area is 548 Å². The fourth-order valence-electron chi connectivity index (χ4n) is 10.2. The molecule has 0 aliphatic heterocycles. The van der Waals surface area contributed by atoms with Crippen LogP contribution in [0.3, 0.4) is 0 Å². The molecule has 0 aromatic carbocycles. The highest BCUT2D eigenvalue weighted by molar-refractivity contribution is 7.47. The van der Waals surface area contributed by atoms with Gasteiger partial charge in [0.05, 0.1) is 26.4 Å². The van der Waals surface area contributed by atoms with Crippen molar-refractivity contribution in [2.24, 2.45) is 17.8 Å². The van der Waals surface area contributed by atoms with Crippen LogP contribution in [-0.2, 0) is 65.4 Å². The van der Waals surface area contributed by atoms with Crippen LogP contribution in [0.1, 0.15) is 331 Å². The van der Waals surface area contributed by atoms with Gasteiger partial charge >= 0.3 is 39.5 Å². The molecule has 0 fully saturated rings. The Hall–Kier alpha value is -2.46. The first-order valence-corrected chi connectivity index (χ1v) is 39.2. The maximum atomic E-state index is 13.0. The Balaban J connectivity index is 5.28. The average molecular weight is 1320 g/mol. The van der Waals surface area contributed by atoms with E-state index in [4.69, 9.17) is 37.0 Å². The summed E-state index contributed by atoms with van der Waals surface area (Å²) < 4.78 is 68.2. The number of hydrogen-bond donors (Lipinski definition) is 3. The van der Waals surface area contributed by atoms with Crippen LogP contribution < -0.4 is 0 Å². The van der Waals surface area contributed by atoms with Crippen molar-refractivity contribution in [1.82, 2.24) is 0 Å². The number of carbonyl (C=O) groups is 4. The average Bonchev–Trinajstić information content (AvgIpc) is 3.66. The second-order valence-electron chi connectivity index (χ2n) is 26.4. The van der Waals surface area contributed by atoms with E-state index < -0.39 is 97.5 Å². The summed E-state index contributed by atoms with van der Waals surface area (Å²) in [5, 5.41) is 10.6. The first-order chi connectivity index (χ1) is 43.2. The molecule has 5 atom stereocenters. The lowest BCUT2D eigenvalue weighted by Crippen LogP contribution is -2.30. The van der Waals surface area contributed by atoms with E-state index >= 15 is 0 Å². The number of hydrogen-bond acceptors (Lipinski definition) is 15. The molecule has 0 rings (SSSR count). The zero-order valence-corrected chi connectivity index (χ0v) is 59.9. The van der Waals surface area contributed by atoms with Gasteiger partial charge in [-0.1, -0.05) is 278 Å². The smallest absolute Gasteiger partial charge is 0.462 e. The first kappa shape index (κ1) is 87.5. The molecule has 90 heavy (non-hydrogen) atoms. The normalized spacial score (nSPS) is 14.4. The molecule has 0 heterocycles. The Morgan fingerprint density at radius 3 is 0.900 bits per heavy atom. The van der Waals surface area contributed by atoms with E-state index in [0.717, 1.165) is 121 Å². The van der Waals surface area contributed by atoms with Crippen LogP contribution in [-0.4, -0.2) is 96.7 Å². The number of ether oxygens (including phenoxy) is 4. The second-order valence-corrected chi connectivity index (χ2v) is 29.3. The van der Waals surface area contributed by atoms with Gasteiger partial charge in [-0.3, -0.25) is 37.3 Å². The highest BCUT2D eigenvalue weighted by atomic mass is 31.2. The van der Waals surface area contributed by atoms with Gasteiger partial charge < -0.3 is 33.8 Å². The number of aliphatic hydroxyl groups excluding tert-OH is 1. The summed E-state index contributed by atoms with van der Waals surface area (Å²) in [4.78, 5) is 72.5. The van der Waals surface area contributed by atoms with Gasteiger partial charge in [0, 0.05) is 25.7 Å². The van der Waals surface area contributed by atoms with Crippen LogP contribution in [0.2, 0.25) is 0 Å². The molecular formula is C71H134O17P2. The minimum atomic E-state index is -4.96. The van der Waals surface area contributed by atoms with Gasteiger partial charge in [-0.25, -0.2) is 9.13 Å². The van der Waals surface area contributed by atoms with Gasteiger partial charge in [0.25, 0.3) is 0 Å². The van der Waals surface area contributed by atoms with E-state index in [9.17, 15) is 43.2 Å². The van der Waals surface area contributed by atoms with E-state index in [0.29, 0.717) is 31.6 Å². The van der Waals surface area contributed by atoms with Crippen molar-refractivity contribution in [3.8, 4) is 0 Å². The summed E-state index contributed by atoms with van der Waals surface area (Å²) in [5.41, 5.74) is 0. The Kier molecular flexibility index (Phi) is 59.7. The number of phosphoric acid groups is 2. The fraction of sp³-hybridized carbons (Fsp3) is 0.887. The molecule has 0 aromatic rings. The molecule has 0 aliphatic rings. The summed E-state index contributed by atoms with van der Waals surface area (Å²) in [7, 11) is -9.92. The van der Waals surface area contributed by atoms with Gasteiger partial charge in [0.2, 0.25) is 0 Å². The van der Waals surface area contributed by atoms with Crippen molar-refractivity contribution in [1.29, 1.82) is 0 Å². The van der Waals surface area contributed by atoms with Crippen molar-refractivity contribution >= 4 is 39.5 Å². The third-order valence-corrected chi connectivity index (χ3v) is 17.7. The molecule has 0 aliphatic carbocycles. The van der Waals surface area contributed by atoms with Crippen LogP contribution >= 0.6 is 15.6 Å². The molecular weight excluding hydrogens is 1190 g/mol. The molecule has 0 aromatic heterocycles. The maximum absolute atomic E-state index is 13.0. The molecule has 2 unspecified atom stereocenters. The molecule has 0 radical (unpaired) electrons. The number of rotatable bonds is 67. The Morgan fingerprint density at radius 2 is 0.600 bits per heavy atom.